The van der Waals surface area contributed by atoms with Crippen molar-refractivity contribution in [1.82, 2.24) is 15.2 Å². The van der Waals surface area contributed by atoms with Crippen LogP contribution in [0.4, 0.5) is 4.39 Å². The van der Waals surface area contributed by atoms with Gasteiger partial charge in [0.15, 0.2) is 0 Å². The largest absolute Gasteiger partial charge is 0.350 e. The molecule has 3 aromatic rings. The third kappa shape index (κ3) is 5.30. The average Bonchev–Trinajstić information content (AvgIpc) is 3.28. The fraction of sp³-hybridized carbons (Fsp3) is 0.296. The number of amides is 2. The van der Waals surface area contributed by atoms with Gasteiger partial charge in [-0.3, -0.25) is 14.6 Å². The van der Waals surface area contributed by atoms with Crippen molar-refractivity contribution in [3.8, 4) is 0 Å². The van der Waals surface area contributed by atoms with E-state index in [4.69, 9.17) is 0 Å². The Labute approximate surface area is 203 Å². The van der Waals surface area contributed by atoms with E-state index in [9.17, 15) is 14.0 Å². The zero-order chi connectivity index (χ0) is 24.3. The summed E-state index contributed by atoms with van der Waals surface area (Å²) in [5, 5.41) is 2.62. The SMILES string of the molecule is CC(C)(C)c1ccc(C2SCC(C(=O)NCc3cccnc3)N2C(=O)c2ccc(F)cc2)cc1. The Balaban J connectivity index is 1.61. The number of aromatic nitrogens is 1. The molecule has 1 N–H and O–H groups in total. The predicted molar refractivity (Wildman–Crippen MR) is 133 cm³/mol. The van der Waals surface area contributed by atoms with Gasteiger partial charge in [0.2, 0.25) is 5.91 Å². The van der Waals surface area contributed by atoms with Gasteiger partial charge in [-0.2, -0.15) is 0 Å². The molecule has 0 spiro atoms. The van der Waals surface area contributed by atoms with Gasteiger partial charge in [-0.15, -0.1) is 11.8 Å². The Morgan fingerprint density at radius 1 is 1.09 bits per heavy atom. The Hall–Kier alpha value is -3.19. The molecular weight excluding hydrogens is 449 g/mol. The Bertz CT molecular complexity index is 1150. The fourth-order valence-corrected chi connectivity index (χ4v) is 5.34. The maximum absolute atomic E-state index is 13.6. The van der Waals surface area contributed by atoms with Gasteiger partial charge in [0.05, 0.1) is 0 Å². The summed E-state index contributed by atoms with van der Waals surface area (Å²) in [5.74, 6) is -0.457. The molecule has 1 fully saturated rings. The number of nitrogens with zero attached hydrogens (tertiary/aromatic N) is 2. The van der Waals surface area contributed by atoms with E-state index in [2.05, 4.69) is 43.2 Å². The standard InChI is InChI=1S/C27H28FN3O2S/c1-27(2,3)21-10-6-20(7-11-21)26-31(25(33)19-8-12-22(28)13-9-19)23(17-34-26)24(32)30-16-18-5-4-14-29-15-18/h4-15,23,26H,16-17H2,1-3H3,(H,30,32). The van der Waals surface area contributed by atoms with Gasteiger partial charge in [-0.25, -0.2) is 4.39 Å². The molecule has 2 amide bonds. The molecule has 0 aliphatic carbocycles. The first-order valence-corrected chi connectivity index (χ1v) is 12.3. The summed E-state index contributed by atoms with van der Waals surface area (Å²) in [6, 6.07) is 16.7. The summed E-state index contributed by atoms with van der Waals surface area (Å²) in [6.45, 7) is 6.79. The maximum Gasteiger partial charge on any atom is 0.255 e. The molecule has 2 aromatic carbocycles. The van der Waals surface area contributed by atoms with Crippen LogP contribution >= 0.6 is 11.8 Å². The molecule has 0 saturated carbocycles. The molecule has 4 rings (SSSR count). The topological polar surface area (TPSA) is 62.3 Å². The summed E-state index contributed by atoms with van der Waals surface area (Å²) in [5.41, 5.74) is 3.40. The van der Waals surface area contributed by atoms with Crippen molar-refractivity contribution >= 4 is 23.6 Å². The molecule has 1 aliphatic rings. The van der Waals surface area contributed by atoms with E-state index < -0.39 is 11.9 Å². The van der Waals surface area contributed by atoms with Crippen molar-refractivity contribution in [2.75, 3.05) is 5.75 Å². The summed E-state index contributed by atoms with van der Waals surface area (Å²) >= 11 is 1.56. The average molecular weight is 478 g/mol. The van der Waals surface area contributed by atoms with Crippen molar-refractivity contribution in [3.05, 3.63) is 101 Å². The van der Waals surface area contributed by atoms with E-state index in [0.29, 0.717) is 17.9 Å². The van der Waals surface area contributed by atoms with Crippen molar-refractivity contribution in [1.29, 1.82) is 0 Å². The molecule has 34 heavy (non-hydrogen) atoms. The van der Waals surface area contributed by atoms with Crippen LogP contribution in [0.5, 0.6) is 0 Å². The number of pyridine rings is 1. The van der Waals surface area contributed by atoms with E-state index in [-0.39, 0.29) is 22.6 Å². The number of thioether (sulfide) groups is 1. The quantitative estimate of drug-likeness (QED) is 0.556. The molecule has 2 heterocycles. The van der Waals surface area contributed by atoms with Crippen LogP contribution in [0.15, 0.2) is 73.1 Å². The molecule has 5 nitrogen and oxygen atoms in total. The molecule has 1 aromatic heterocycles. The van der Waals surface area contributed by atoms with Gasteiger partial charge in [-0.1, -0.05) is 51.1 Å². The van der Waals surface area contributed by atoms with E-state index in [1.54, 1.807) is 29.1 Å². The highest BCUT2D eigenvalue weighted by Crippen LogP contribution is 2.42. The van der Waals surface area contributed by atoms with Gasteiger partial charge in [0, 0.05) is 30.3 Å². The van der Waals surface area contributed by atoms with Crippen LogP contribution in [-0.4, -0.2) is 33.5 Å². The number of benzene rings is 2. The van der Waals surface area contributed by atoms with Gasteiger partial charge in [-0.05, 0) is 52.4 Å². The zero-order valence-electron chi connectivity index (χ0n) is 19.5. The van der Waals surface area contributed by atoms with Gasteiger partial charge >= 0.3 is 0 Å². The van der Waals surface area contributed by atoms with Crippen molar-refractivity contribution in [2.45, 2.75) is 44.1 Å². The first-order valence-electron chi connectivity index (χ1n) is 11.2. The first kappa shape index (κ1) is 24.0. The fourth-order valence-electron chi connectivity index (χ4n) is 3.91. The summed E-state index contributed by atoms with van der Waals surface area (Å²) in [4.78, 5) is 32.4. The van der Waals surface area contributed by atoms with Crippen LogP contribution in [0.2, 0.25) is 0 Å². The molecule has 1 aliphatic heterocycles. The van der Waals surface area contributed by atoms with Gasteiger partial charge < -0.3 is 10.2 Å². The maximum atomic E-state index is 13.6. The van der Waals surface area contributed by atoms with Crippen LogP contribution in [-0.2, 0) is 16.8 Å². The second kappa shape index (κ2) is 9.97. The minimum Gasteiger partial charge on any atom is -0.350 e. The van der Waals surface area contributed by atoms with Crippen molar-refractivity contribution in [3.63, 3.8) is 0 Å². The molecule has 0 radical (unpaired) electrons. The first-order chi connectivity index (χ1) is 16.2. The molecule has 1 saturated heterocycles. The highest BCUT2D eigenvalue weighted by molar-refractivity contribution is 7.99. The van der Waals surface area contributed by atoms with Crippen molar-refractivity contribution < 1.29 is 14.0 Å². The number of halogens is 1. The highest BCUT2D eigenvalue weighted by Gasteiger charge is 2.42. The minimum absolute atomic E-state index is 0.0136. The molecular formula is C27H28FN3O2S. The van der Waals surface area contributed by atoms with Crippen LogP contribution in [0.25, 0.3) is 0 Å². The summed E-state index contributed by atoms with van der Waals surface area (Å²) in [6.07, 6.45) is 3.38. The number of carbonyl (C=O) groups excluding carboxylic acids is 2. The lowest BCUT2D eigenvalue weighted by Crippen LogP contribution is -2.47. The Kier molecular flexibility index (Phi) is 7.03. The number of hydrogen-bond donors (Lipinski definition) is 1. The van der Waals surface area contributed by atoms with Crippen molar-refractivity contribution in [2.24, 2.45) is 0 Å². The van der Waals surface area contributed by atoms with Gasteiger partial charge in [0.25, 0.3) is 5.91 Å². The minimum atomic E-state index is -0.647. The number of rotatable bonds is 5. The lowest BCUT2D eigenvalue weighted by atomic mass is 9.86. The number of nitrogens with one attached hydrogen (secondary N) is 1. The lowest BCUT2D eigenvalue weighted by Gasteiger charge is -2.29. The van der Waals surface area contributed by atoms with E-state index >= 15 is 0 Å². The van der Waals surface area contributed by atoms with Crippen LogP contribution in [0, 0.1) is 5.82 Å². The van der Waals surface area contributed by atoms with E-state index in [1.807, 2.05) is 24.3 Å². The van der Waals surface area contributed by atoms with Crippen LogP contribution in [0.3, 0.4) is 0 Å². The second-order valence-corrected chi connectivity index (χ2v) is 10.5. The zero-order valence-corrected chi connectivity index (χ0v) is 20.3. The smallest absolute Gasteiger partial charge is 0.255 e. The lowest BCUT2D eigenvalue weighted by molar-refractivity contribution is -0.125. The monoisotopic (exact) mass is 477 g/mol. The summed E-state index contributed by atoms with van der Waals surface area (Å²) < 4.78 is 13.5. The second-order valence-electron chi connectivity index (χ2n) is 9.37. The molecule has 176 valence electrons. The molecule has 7 heteroatoms. The predicted octanol–water partition coefficient (Wildman–Crippen LogP) is 5.09. The van der Waals surface area contributed by atoms with Crippen LogP contribution in [0.1, 0.15) is 53.2 Å². The molecule has 2 atom stereocenters. The molecule has 0 bridgehead atoms. The van der Waals surface area contributed by atoms with Crippen LogP contribution < -0.4 is 5.32 Å². The van der Waals surface area contributed by atoms with E-state index in [1.165, 1.54) is 29.8 Å². The third-order valence-corrected chi connectivity index (χ3v) is 7.20. The number of hydrogen-bond acceptors (Lipinski definition) is 4. The third-order valence-electron chi connectivity index (χ3n) is 5.88. The number of carbonyl (C=O) groups is 2. The Morgan fingerprint density at radius 3 is 2.41 bits per heavy atom. The van der Waals surface area contributed by atoms with Gasteiger partial charge in [0.1, 0.15) is 17.2 Å². The summed E-state index contributed by atoms with van der Waals surface area (Å²) in [7, 11) is 0. The normalized spacial score (nSPS) is 18.1. The Morgan fingerprint density at radius 2 is 1.79 bits per heavy atom. The molecule has 2 unspecified atom stereocenters. The highest BCUT2D eigenvalue weighted by atomic mass is 32.2. The van der Waals surface area contributed by atoms with E-state index in [0.717, 1.165) is 11.1 Å².